The summed E-state index contributed by atoms with van der Waals surface area (Å²) in [5.41, 5.74) is 3.72. The van der Waals surface area contributed by atoms with Gasteiger partial charge in [-0.25, -0.2) is 9.97 Å². The highest BCUT2D eigenvalue weighted by Gasteiger charge is 2.21. The fourth-order valence-corrected chi connectivity index (χ4v) is 3.38. The van der Waals surface area contributed by atoms with Gasteiger partial charge in [0.2, 0.25) is 5.91 Å². The van der Waals surface area contributed by atoms with Gasteiger partial charge in [-0.15, -0.1) is 0 Å². The van der Waals surface area contributed by atoms with Gasteiger partial charge in [0.25, 0.3) is 5.56 Å². The SMILES string of the molecule is Cc1ccc(-c2cc3c(=O)n([C@@H](C)C(=O)N(C)C)cnc3c(-c3cccnc3)n2)cn1. The lowest BCUT2D eigenvalue weighted by Crippen LogP contribution is -2.35. The average Bonchev–Trinajstić information content (AvgIpc) is 2.79. The summed E-state index contributed by atoms with van der Waals surface area (Å²) in [5.74, 6) is -0.187. The van der Waals surface area contributed by atoms with Gasteiger partial charge in [0.05, 0.1) is 23.1 Å². The molecule has 4 rings (SSSR count). The van der Waals surface area contributed by atoms with E-state index in [1.165, 1.54) is 15.8 Å². The van der Waals surface area contributed by atoms with Crippen molar-refractivity contribution in [1.29, 1.82) is 0 Å². The van der Waals surface area contributed by atoms with Crippen molar-refractivity contribution in [2.45, 2.75) is 19.9 Å². The van der Waals surface area contributed by atoms with Gasteiger partial charge >= 0.3 is 0 Å². The van der Waals surface area contributed by atoms with E-state index >= 15 is 0 Å². The Labute approximate surface area is 179 Å². The van der Waals surface area contributed by atoms with Crippen LogP contribution in [0.4, 0.5) is 0 Å². The van der Waals surface area contributed by atoms with E-state index in [0.717, 1.165) is 16.8 Å². The number of hydrogen-bond acceptors (Lipinski definition) is 6. The highest BCUT2D eigenvalue weighted by Crippen LogP contribution is 2.28. The second-order valence-electron chi connectivity index (χ2n) is 7.55. The summed E-state index contributed by atoms with van der Waals surface area (Å²) in [4.78, 5) is 45.1. The van der Waals surface area contributed by atoms with Crippen molar-refractivity contribution >= 4 is 16.8 Å². The third-order valence-corrected chi connectivity index (χ3v) is 5.13. The van der Waals surface area contributed by atoms with Crippen LogP contribution in [0, 0.1) is 6.92 Å². The number of hydrogen-bond donors (Lipinski definition) is 0. The van der Waals surface area contributed by atoms with Crippen molar-refractivity contribution in [1.82, 2.24) is 29.4 Å². The Morgan fingerprint density at radius 3 is 2.55 bits per heavy atom. The van der Waals surface area contributed by atoms with Gasteiger partial charge in [-0.05, 0) is 44.2 Å². The molecule has 0 saturated heterocycles. The maximum Gasteiger partial charge on any atom is 0.262 e. The second-order valence-corrected chi connectivity index (χ2v) is 7.55. The van der Waals surface area contributed by atoms with E-state index in [1.807, 2.05) is 31.2 Å². The second kappa shape index (κ2) is 8.06. The molecule has 0 fully saturated rings. The fourth-order valence-electron chi connectivity index (χ4n) is 3.38. The first-order chi connectivity index (χ1) is 14.9. The number of carbonyl (C=O) groups excluding carboxylic acids is 1. The fraction of sp³-hybridized carbons (Fsp3) is 0.217. The Balaban J connectivity index is 2.00. The van der Waals surface area contributed by atoms with Crippen LogP contribution in [0.3, 0.4) is 0 Å². The lowest BCUT2D eigenvalue weighted by Gasteiger charge is -2.19. The van der Waals surface area contributed by atoms with Crippen LogP contribution < -0.4 is 5.56 Å². The molecule has 0 unspecified atom stereocenters. The standard InChI is InChI=1S/C23H22N6O2/c1-14-7-8-16(12-25-14)19-10-18-21(20(27-19)17-6-5-9-24-11-17)26-13-29(23(18)31)15(2)22(30)28(3)4/h5-13,15H,1-4H3/t15-/m0/s1. The van der Waals surface area contributed by atoms with Crippen molar-refractivity contribution in [3.63, 3.8) is 0 Å². The number of rotatable bonds is 4. The van der Waals surface area contributed by atoms with Gasteiger partial charge in [-0.2, -0.15) is 0 Å². The van der Waals surface area contributed by atoms with E-state index in [0.29, 0.717) is 22.3 Å². The van der Waals surface area contributed by atoms with E-state index in [-0.39, 0.29) is 11.5 Å². The predicted molar refractivity (Wildman–Crippen MR) is 118 cm³/mol. The zero-order valence-corrected chi connectivity index (χ0v) is 17.8. The Kier molecular flexibility index (Phi) is 5.29. The molecule has 0 aliphatic carbocycles. The first-order valence-corrected chi connectivity index (χ1v) is 9.83. The summed E-state index contributed by atoms with van der Waals surface area (Å²) in [7, 11) is 3.32. The molecular weight excluding hydrogens is 392 g/mol. The van der Waals surface area contributed by atoms with Crippen LogP contribution >= 0.6 is 0 Å². The molecule has 4 heterocycles. The quantitative estimate of drug-likeness (QED) is 0.510. The zero-order valence-electron chi connectivity index (χ0n) is 17.8. The highest BCUT2D eigenvalue weighted by molar-refractivity contribution is 5.93. The molecule has 0 aromatic carbocycles. The molecular formula is C23H22N6O2. The molecule has 31 heavy (non-hydrogen) atoms. The van der Waals surface area contributed by atoms with Crippen LogP contribution in [0.15, 0.2) is 60.0 Å². The van der Waals surface area contributed by atoms with Crippen LogP contribution in [-0.2, 0) is 4.79 Å². The zero-order chi connectivity index (χ0) is 22.1. The molecule has 1 atom stereocenters. The van der Waals surface area contributed by atoms with Gasteiger partial charge in [0.15, 0.2) is 0 Å². The lowest BCUT2D eigenvalue weighted by atomic mass is 10.1. The lowest BCUT2D eigenvalue weighted by molar-refractivity contribution is -0.131. The summed E-state index contributed by atoms with van der Waals surface area (Å²) in [6.07, 6.45) is 6.49. The van der Waals surface area contributed by atoms with Gasteiger partial charge in [-0.1, -0.05) is 0 Å². The highest BCUT2D eigenvalue weighted by atomic mass is 16.2. The Morgan fingerprint density at radius 1 is 1.10 bits per heavy atom. The maximum atomic E-state index is 13.4. The molecule has 0 saturated carbocycles. The molecule has 0 aliphatic rings. The normalized spacial score (nSPS) is 12.0. The van der Waals surface area contributed by atoms with Gasteiger partial charge in [-0.3, -0.25) is 24.1 Å². The van der Waals surface area contributed by atoms with Gasteiger partial charge in [0.1, 0.15) is 11.6 Å². The predicted octanol–water partition coefficient (Wildman–Crippen LogP) is 2.87. The molecule has 4 aromatic rings. The number of aryl methyl sites for hydroxylation is 1. The van der Waals surface area contributed by atoms with Crippen LogP contribution in [-0.4, -0.2) is 49.4 Å². The van der Waals surface area contributed by atoms with E-state index in [2.05, 4.69) is 15.0 Å². The van der Waals surface area contributed by atoms with Crippen molar-refractivity contribution in [3.8, 4) is 22.5 Å². The molecule has 0 aliphatic heterocycles. The van der Waals surface area contributed by atoms with E-state index in [9.17, 15) is 9.59 Å². The summed E-state index contributed by atoms with van der Waals surface area (Å²) in [6, 6.07) is 8.51. The van der Waals surface area contributed by atoms with E-state index in [1.54, 1.807) is 45.7 Å². The molecule has 0 bridgehead atoms. The molecule has 1 amide bonds. The monoisotopic (exact) mass is 414 g/mol. The molecule has 0 spiro atoms. The summed E-state index contributed by atoms with van der Waals surface area (Å²) in [5, 5.41) is 0.380. The van der Waals surface area contributed by atoms with E-state index < -0.39 is 6.04 Å². The molecule has 8 heteroatoms. The minimum Gasteiger partial charge on any atom is -0.347 e. The number of nitrogens with zero attached hydrogens (tertiary/aromatic N) is 6. The first kappa shape index (κ1) is 20.3. The maximum absolute atomic E-state index is 13.4. The van der Waals surface area contributed by atoms with E-state index in [4.69, 9.17) is 4.98 Å². The van der Waals surface area contributed by atoms with Crippen molar-refractivity contribution in [2.24, 2.45) is 0 Å². The van der Waals surface area contributed by atoms with Crippen LogP contribution in [0.25, 0.3) is 33.4 Å². The summed E-state index contributed by atoms with van der Waals surface area (Å²) < 4.78 is 1.36. The van der Waals surface area contributed by atoms with Gasteiger partial charge < -0.3 is 4.90 Å². The van der Waals surface area contributed by atoms with Crippen molar-refractivity contribution < 1.29 is 4.79 Å². The number of pyridine rings is 3. The summed E-state index contributed by atoms with van der Waals surface area (Å²) >= 11 is 0. The third-order valence-electron chi connectivity index (χ3n) is 5.13. The molecule has 8 nitrogen and oxygen atoms in total. The Bertz CT molecular complexity index is 1310. The summed E-state index contributed by atoms with van der Waals surface area (Å²) in [6.45, 7) is 3.59. The first-order valence-electron chi connectivity index (χ1n) is 9.83. The number of likely N-dealkylation sites (N-methyl/N-ethyl adjacent to an activating group) is 1. The Hall–Kier alpha value is -3.94. The van der Waals surface area contributed by atoms with Crippen molar-refractivity contribution in [3.05, 3.63) is 71.3 Å². The molecule has 0 radical (unpaired) electrons. The Morgan fingerprint density at radius 2 is 1.90 bits per heavy atom. The molecule has 4 aromatic heterocycles. The van der Waals surface area contributed by atoms with Crippen LogP contribution in [0.5, 0.6) is 0 Å². The van der Waals surface area contributed by atoms with Gasteiger partial charge in [0, 0.05) is 49.5 Å². The average molecular weight is 414 g/mol. The number of aromatic nitrogens is 5. The van der Waals surface area contributed by atoms with Crippen LogP contribution in [0.1, 0.15) is 18.7 Å². The smallest absolute Gasteiger partial charge is 0.262 e. The minimum atomic E-state index is -0.682. The molecule has 0 N–H and O–H groups in total. The largest absolute Gasteiger partial charge is 0.347 e. The topological polar surface area (TPSA) is 93.9 Å². The van der Waals surface area contributed by atoms with Crippen LogP contribution in [0.2, 0.25) is 0 Å². The number of carbonyl (C=O) groups is 1. The number of amides is 1. The minimum absolute atomic E-state index is 0.187. The molecule has 156 valence electrons. The van der Waals surface area contributed by atoms with Crippen molar-refractivity contribution in [2.75, 3.05) is 14.1 Å². The third kappa shape index (κ3) is 3.79. The number of fused-ring (bicyclic) bond motifs is 1.